The Kier molecular flexibility index (Phi) is 3.18. The normalized spacial score (nSPS) is 11.5. The molecule has 18 heavy (non-hydrogen) atoms. The monoisotopic (exact) mass is 256 g/mol. The zero-order chi connectivity index (χ0) is 13.2. The van der Waals surface area contributed by atoms with Crippen molar-refractivity contribution in [2.24, 2.45) is 0 Å². The van der Waals surface area contributed by atoms with Crippen LogP contribution in [0.4, 0.5) is 24.5 Å². The molecule has 0 amide bonds. The van der Waals surface area contributed by atoms with Crippen LogP contribution in [0.5, 0.6) is 0 Å². The van der Waals surface area contributed by atoms with Gasteiger partial charge in [0.25, 0.3) is 0 Å². The number of hydrogen-bond donors (Lipinski definition) is 2. The molecule has 1 heterocycles. The summed E-state index contributed by atoms with van der Waals surface area (Å²) in [6, 6.07) is 6.69. The number of furan rings is 1. The molecule has 2 rings (SSSR count). The molecule has 0 atom stereocenters. The van der Waals surface area contributed by atoms with Gasteiger partial charge in [0.2, 0.25) is 0 Å². The van der Waals surface area contributed by atoms with Gasteiger partial charge in [-0.25, -0.2) is 0 Å². The average molecular weight is 256 g/mol. The first kappa shape index (κ1) is 12.3. The lowest BCUT2D eigenvalue weighted by Gasteiger charge is -2.11. The number of nitrogens with two attached hydrogens (primary N) is 1. The van der Waals surface area contributed by atoms with Crippen LogP contribution >= 0.6 is 0 Å². The summed E-state index contributed by atoms with van der Waals surface area (Å²) in [6.45, 7) is 0.364. The van der Waals surface area contributed by atoms with Crippen LogP contribution in [0, 0.1) is 0 Å². The van der Waals surface area contributed by atoms with Crippen molar-refractivity contribution in [3.05, 3.63) is 47.9 Å². The largest absolute Gasteiger partial charge is 0.467 e. The van der Waals surface area contributed by atoms with Crippen molar-refractivity contribution in [2.75, 3.05) is 11.1 Å². The Morgan fingerprint density at radius 2 is 2.00 bits per heavy atom. The SMILES string of the molecule is Nc1cc(C(F)(F)F)ccc1NCc1ccco1. The van der Waals surface area contributed by atoms with Gasteiger partial charge in [0.05, 0.1) is 29.7 Å². The molecule has 0 aliphatic heterocycles. The van der Waals surface area contributed by atoms with Crippen molar-refractivity contribution in [3.63, 3.8) is 0 Å². The van der Waals surface area contributed by atoms with E-state index in [1.165, 1.54) is 12.3 Å². The van der Waals surface area contributed by atoms with E-state index in [4.69, 9.17) is 10.2 Å². The minimum absolute atomic E-state index is 0.0522. The van der Waals surface area contributed by atoms with Gasteiger partial charge in [-0.15, -0.1) is 0 Å². The summed E-state index contributed by atoms with van der Waals surface area (Å²) in [5, 5.41) is 2.91. The van der Waals surface area contributed by atoms with E-state index in [0.29, 0.717) is 18.0 Å². The van der Waals surface area contributed by atoms with E-state index < -0.39 is 11.7 Å². The van der Waals surface area contributed by atoms with Crippen molar-refractivity contribution < 1.29 is 17.6 Å². The van der Waals surface area contributed by atoms with Crippen molar-refractivity contribution in [1.29, 1.82) is 0 Å². The maximum atomic E-state index is 12.4. The first-order valence-electron chi connectivity index (χ1n) is 5.20. The fourth-order valence-electron chi connectivity index (χ4n) is 1.50. The van der Waals surface area contributed by atoms with Crippen LogP contribution < -0.4 is 11.1 Å². The molecule has 1 aromatic heterocycles. The maximum absolute atomic E-state index is 12.4. The zero-order valence-electron chi connectivity index (χ0n) is 9.29. The third-order valence-corrected chi connectivity index (χ3v) is 2.41. The lowest BCUT2D eigenvalue weighted by molar-refractivity contribution is -0.137. The lowest BCUT2D eigenvalue weighted by Crippen LogP contribution is -2.07. The Morgan fingerprint density at radius 1 is 1.22 bits per heavy atom. The van der Waals surface area contributed by atoms with Crippen molar-refractivity contribution >= 4 is 11.4 Å². The minimum Gasteiger partial charge on any atom is -0.467 e. The molecule has 0 bridgehead atoms. The first-order chi connectivity index (χ1) is 8.47. The molecule has 0 radical (unpaired) electrons. The molecule has 1 aromatic carbocycles. The van der Waals surface area contributed by atoms with Gasteiger partial charge in [0, 0.05) is 0 Å². The molecule has 0 spiro atoms. The second-order valence-corrected chi connectivity index (χ2v) is 3.73. The van der Waals surface area contributed by atoms with Crippen LogP contribution in [0.3, 0.4) is 0 Å². The van der Waals surface area contributed by atoms with Crippen molar-refractivity contribution in [1.82, 2.24) is 0 Å². The van der Waals surface area contributed by atoms with Gasteiger partial charge in [-0.2, -0.15) is 13.2 Å². The second kappa shape index (κ2) is 4.64. The molecule has 2 aromatic rings. The maximum Gasteiger partial charge on any atom is 0.416 e. The third kappa shape index (κ3) is 2.77. The van der Waals surface area contributed by atoms with E-state index in [2.05, 4.69) is 5.32 Å². The van der Waals surface area contributed by atoms with Crippen molar-refractivity contribution in [2.45, 2.75) is 12.7 Å². The smallest absolute Gasteiger partial charge is 0.416 e. The standard InChI is InChI=1S/C12H11F3N2O/c13-12(14,15)8-3-4-11(10(16)6-8)17-7-9-2-1-5-18-9/h1-6,17H,7,16H2. The number of halogens is 3. The summed E-state index contributed by atoms with van der Waals surface area (Å²) >= 11 is 0. The highest BCUT2D eigenvalue weighted by Crippen LogP contribution is 2.32. The average Bonchev–Trinajstić information content (AvgIpc) is 2.79. The van der Waals surface area contributed by atoms with Crippen LogP contribution in [0.2, 0.25) is 0 Å². The number of benzene rings is 1. The molecule has 0 saturated heterocycles. The Labute approximate surface area is 101 Å². The fourth-order valence-corrected chi connectivity index (χ4v) is 1.50. The van der Waals surface area contributed by atoms with E-state index in [1.807, 2.05) is 0 Å². The van der Waals surface area contributed by atoms with E-state index in [1.54, 1.807) is 12.1 Å². The van der Waals surface area contributed by atoms with E-state index in [0.717, 1.165) is 12.1 Å². The quantitative estimate of drug-likeness (QED) is 0.826. The van der Waals surface area contributed by atoms with Crippen LogP contribution in [-0.2, 0) is 12.7 Å². The highest BCUT2D eigenvalue weighted by atomic mass is 19.4. The summed E-state index contributed by atoms with van der Waals surface area (Å²) in [4.78, 5) is 0. The molecular weight excluding hydrogens is 245 g/mol. The molecule has 96 valence electrons. The third-order valence-electron chi connectivity index (χ3n) is 2.41. The Hall–Kier alpha value is -2.11. The van der Waals surface area contributed by atoms with Crippen LogP contribution in [0.25, 0.3) is 0 Å². The minimum atomic E-state index is -4.38. The fraction of sp³-hybridized carbons (Fsp3) is 0.167. The van der Waals surface area contributed by atoms with Gasteiger partial charge in [-0.3, -0.25) is 0 Å². The number of hydrogen-bond acceptors (Lipinski definition) is 3. The number of nitrogen functional groups attached to an aromatic ring is 1. The molecule has 6 heteroatoms. The molecule has 3 nitrogen and oxygen atoms in total. The Bertz CT molecular complexity index is 521. The molecule has 3 N–H and O–H groups in total. The molecule has 0 aliphatic carbocycles. The van der Waals surface area contributed by atoms with Gasteiger partial charge in [-0.1, -0.05) is 0 Å². The molecule has 0 aliphatic rings. The van der Waals surface area contributed by atoms with Crippen LogP contribution in [-0.4, -0.2) is 0 Å². The van der Waals surface area contributed by atoms with Crippen LogP contribution in [0.15, 0.2) is 41.0 Å². The number of anilines is 2. The second-order valence-electron chi connectivity index (χ2n) is 3.73. The summed E-state index contributed by atoms with van der Waals surface area (Å²) in [5.41, 5.74) is 5.30. The summed E-state index contributed by atoms with van der Waals surface area (Å²) < 4.78 is 42.3. The highest BCUT2D eigenvalue weighted by molar-refractivity contribution is 5.67. The molecule has 0 unspecified atom stereocenters. The van der Waals surface area contributed by atoms with E-state index in [-0.39, 0.29) is 5.69 Å². The molecule has 0 saturated carbocycles. The summed E-state index contributed by atoms with van der Waals surface area (Å²) in [6.07, 6.45) is -2.86. The van der Waals surface area contributed by atoms with Crippen LogP contribution in [0.1, 0.15) is 11.3 Å². The summed E-state index contributed by atoms with van der Waals surface area (Å²) in [5.74, 6) is 0.675. The number of nitrogens with one attached hydrogen (secondary N) is 1. The Balaban J connectivity index is 2.10. The molecular formula is C12H11F3N2O. The highest BCUT2D eigenvalue weighted by Gasteiger charge is 2.30. The number of alkyl halides is 3. The van der Waals surface area contributed by atoms with Gasteiger partial charge in [0.15, 0.2) is 0 Å². The van der Waals surface area contributed by atoms with E-state index in [9.17, 15) is 13.2 Å². The van der Waals surface area contributed by atoms with Gasteiger partial charge in [0.1, 0.15) is 5.76 Å². The summed E-state index contributed by atoms with van der Waals surface area (Å²) in [7, 11) is 0. The van der Waals surface area contributed by atoms with Crippen molar-refractivity contribution in [3.8, 4) is 0 Å². The first-order valence-corrected chi connectivity index (χ1v) is 5.20. The molecule has 0 fully saturated rings. The Morgan fingerprint density at radius 3 is 2.56 bits per heavy atom. The van der Waals surface area contributed by atoms with Gasteiger partial charge < -0.3 is 15.5 Å². The predicted molar refractivity (Wildman–Crippen MR) is 61.9 cm³/mol. The number of rotatable bonds is 3. The lowest BCUT2D eigenvalue weighted by atomic mass is 10.1. The van der Waals surface area contributed by atoms with Gasteiger partial charge >= 0.3 is 6.18 Å². The van der Waals surface area contributed by atoms with E-state index >= 15 is 0 Å². The predicted octanol–water partition coefficient (Wildman–Crippen LogP) is 3.49. The topological polar surface area (TPSA) is 51.2 Å². The van der Waals surface area contributed by atoms with Gasteiger partial charge in [-0.05, 0) is 30.3 Å². The zero-order valence-corrected chi connectivity index (χ0v) is 9.29.